The minimum Gasteiger partial charge on any atom is -0.497 e. The van der Waals surface area contributed by atoms with Crippen LogP contribution in [0.2, 0.25) is 5.02 Å². The lowest BCUT2D eigenvalue weighted by Gasteiger charge is -2.35. The Morgan fingerprint density at radius 3 is 2.53 bits per heavy atom. The Kier molecular flexibility index (Phi) is 5.77. The van der Waals surface area contributed by atoms with Crippen molar-refractivity contribution in [3.8, 4) is 17.1 Å². The van der Waals surface area contributed by atoms with E-state index in [1.54, 1.807) is 24.1 Å². The van der Waals surface area contributed by atoms with E-state index in [2.05, 4.69) is 15.5 Å². The molecule has 1 aromatic heterocycles. The number of methoxy groups -OCH3 is 1. The number of carbonyl (C=O) groups excluding carboxylic acids is 1. The largest absolute Gasteiger partial charge is 0.497 e. The first-order valence-corrected chi connectivity index (χ1v) is 11.0. The third-order valence-corrected chi connectivity index (χ3v) is 5.94. The second-order valence-corrected chi connectivity index (χ2v) is 8.20. The number of benzene rings is 3. The van der Waals surface area contributed by atoms with Gasteiger partial charge in [0.15, 0.2) is 0 Å². The number of para-hydroxylation sites is 1. The summed E-state index contributed by atoms with van der Waals surface area (Å²) in [6, 6.07) is 23.4. The van der Waals surface area contributed by atoms with Crippen molar-refractivity contribution in [1.29, 1.82) is 0 Å². The molecule has 1 aliphatic rings. The molecule has 170 valence electrons. The second-order valence-electron chi connectivity index (χ2n) is 7.76. The zero-order valence-electron chi connectivity index (χ0n) is 18.5. The molecule has 1 N–H and O–H groups in total. The summed E-state index contributed by atoms with van der Waals surface area (Å²) in [6.07, 6.45) is 0. The van der Waals surface area contributed by atoms with E-state index in [-0.39, 0.29) is 6.03 Å². The molecule has 3 aromatic carbocycles. The standard InChI is InChI=1S/C26H21ClN4O3/c1-16-22(25-29-24(30-34-25)17-11-13-19(27)14-12-17)23(18-7-6-10-21(15-18)33-2)28-26(32)31(16)20-8-4-3-5-9-20/h3-15,23H,1-2H3,(H,28,32). The molecule has 2 amide bonds. The van der Waals surface area contributed by atoms with Gasteiger partial charge in [0.1, 0.15) is 5.75 Å². The monoisotopic (exact) mass is 472 g/mol. The maximum absolute atomic E-state index is 13.2. The average Bonchev–Trinajstić information content (AvgIpc) is 3.34. The van der Waals surface area contributed by atoms with Crippen LogP contribution in [0.15, 0.2) is 89.1 Å². The van der Waals surface area contributed by atoms with Crippen LogP contribution in [0, 0.1) is 0 Å². The predicted octanol–water partition coefficient (Wildman–Crippen LogP) is 6.10. The summed E-state index contributed by atoms with van der Waals surface area (Å²) < 4.78 is 11.1. The summed E-state index contributed by atoms with van der Waals surface area (Å²) in [6.45, 7) is 1.88. The van der Waals surface area contributed by atoms with E-state index >= 15 is 0 Å². The zero-order valence-corrected chi connectivity index (χ0v) is 19.3. The molecule has 0 saturated carbocycles. The molecule has 0 spiro atoms. The number of nitrogens with one attached hydrogen (secondary N) is 1. The Morgan fingerprint density at radius 2 is 1.79 bits per heavy atom. The molecule has 7 nitrogen and oxygen atoms in total. The number of rotatable bonds is 5. The van der Waals surface area contributed by atoms with Gasteiger partial charge in [0, 0.05) is 16.3 Å². The van der Waals surface area contributed by atoms with E-state index in [4.69, 9.17) is 20.9 Å². The summed E-state index contributed by atoms with van der Waals surface area (Å²) in [5.74, 6) is 1.43. The van der Waals surface area contributed by atoms with Crippen LogP contribution >= 0.6 is 11.6 Å². The van der Waals surface area contributed by atoms with Gasteiger partial charge in [-0.3, -0.25) is 4.90 Å². The first kappa shape index (κ1) is 21.7. The first-order valence-electron chi connectivity index (χ1n) is 10.7. The highest BCUT2D eigenvalue weighted by Crippen LogP contribution is 2.39. The Labute approximate surface area is 201 Å². The Balaban J connectivity index is 1.65. The van der Waals surface area contributed by atoms with Crippen LogP contribution in [0.25, 0.3) is 17.0 Å². The lowest BCUT2D eigenvalue weighted by atomic mass is 9.94. The molecule has 0 fully saturated rings. The van der Waals surface area contributed by atoms with Gasteiger partial charge < -0.3 is 14.6 Å². The van der Waals surface area contributed by atoms with E-state index in [1.165, 1.54) is 0 Å². The highest BCUT2D eigenvalue weighted by atomic mass is 35.5. The third-order valence-electron chi connectivity index (χ3n) is 5.69. The number of amides is 2. The van der Waals surface area contributed by atoms with Crippen LogP contribution in [0.5, 0.6) is 5.75 Å². The molecule has 1 aliphatic heterocycles. The fraction of sp³-hybridized carbons (Fsp3) is 0.115. The van der Waals surface area contributed by atoms with Crippen molar-refractivity contribution in [3.05, 3.63) is 101 Å². The van der Waals surface area contributed by atoms with Crippen molar-refractivity contribution in [2.45, 2.75) is 13.0 Å². The van der Waals surface area contributed by atoms with E-state index in [0.29, 0.717) is 33.8 Å². The van der Waals surface area contributed by atoms with Crippen molar-refractivity contribution in [3.63, 3.8) is 0 Å². The van der Waals surface area contributed by atoms with Crippen molar-refractivity contribution < 1.29 is 14.1 Å². The molecule has 0 aliphatic carbocycles. The van der Waals surface area contributed by atoms with Crippen molar-refractivity contribution >= 4 is 28.9 Å². The number of urea groups is 1. The average molecular weight is 473 g/mol. The minimum absolute atomic E-state index is 0.252. The molecular formula is C26H21ClN4O3. The van der Waals surface area contributed by atoms with E-state index in [9.17, 15) is 4.79 Å². The van der Waals surface area contributed by atoms with Crippen LogP contribution < -0.4 is 15.0 Å². The lowest BCUT2D eigenvalue weighted by molar-refractivity contribution is 0.244. The van der Waals surface area contributed by atoms with Gasteiger partial charge in [-0.1, -0.05) is 47.1 Å². The Morgan fingerprint density at radius 1 is 1.03 bits per heavy atom. The maximum atomic E-state index is 13.2. The summed E-state index contributed by atoms with van der Waals surface area (Å²) in [5.41, 5.74) is 3.73. The Bertz CT molecular complexity index is 1370. The third kappa shape index (κ3) is 4.02. The van der Waals surface area contributed by atoms with Gasteiger partial charge in [0.05, 0.1) is 24.4 Å². The van der Waals surface area contributed by atoms with Gasteiger partial charge in [0.25, 0.3) is 5.89 Å². The van der Waals surface area contributed by atoms with E-state index < -0.39 is 6.04 Å². The summed E-state index contributed by atoms with van der Waals surface area (Å²) in [5, 5.41) is 7.90. The molecule has 0 radical (unpaired) electrons. The van der Waals surface area contributed by atoms with Gasteiger partial charge in [-0.25, -0.2) is 4.79 Å². The van der Waals surface area contributed by atoms with Gasteiger partial charge >= 0.3 is 6.03 Å². The Hall–Kier alpha value is -4.10. The molecule has 5 rings (SSSR count). The predicted molar refractivity (Wildman–Crippen MR) is 131 cm³/mol. The number of aromatic nitrogens is 2. The first-order chi connectivity index (χ1) is 16.5. The molecule has 0 bridgehead atoms. The number of halogens is 1. The fourth-order valence-electron chi connectivity index (χ4n) is 4.03. The van der Waals surface area contributed by atoms with Gasteiger partial charge in [-0.05, 0) is 61.0 Å². The van der Waals surface area contributed by atoms with Crippen LogP contribution in [-0.2, 0) is 0 Å². The van der Waals surface area contributed by atoms with Gasteiger partial charge in [-0.2, -0.15) is 4.98 Å². The molecule has 4 aromatic rings. The molecule has 34 heavy (non-hydrogen) atoms. The molecule has 1 atom stereocenters. The van der Waals surface area contributed by atoms with E-state index in [1.807, 2.05) is 73.7 Å². The lowest BCUT2D eigenvalue weighted by Crippen LogP contribution is -2.46. The smallest absolute Gasteiger partial charge is 0.326 e. The van der Waals surface area contributed by atoms with E-state index in [0.717, 1.165) is 16.8 Å². The van der Waals surface area contributed by atoms with Crippen LogP contribution in [-0.4, -0.2) is 23.3 Å². The number of carbonyl (C=O) groups is 1. The second kappa shape index (κ2) is 9.03. The van der Waals surface area contributed by atoms with Crippen molar-refractivity contribution in [2.75, 3.05) is 12.0 Å². The molecule has 2 heterocycles. The van der Waals surface area contributed by atoms with Crippen molar-refractivity contribution in [2.24, 2.45) is 0 Å². The molecule has 1 unspecified atom stereocenters. The quantitative estimate of drug-likeness (QED) is 0.379. The van der Waals surface area contributed by atoms with Crippen LogP contribution in [0.3, 0.4) is 0 Å². The summed E-state index contributed by atoms with van der Waals surface area (Å²) in [7, 11) is 1.61. The SMILES string of the molecule is COc1cccc(C2NC(=O)N(c3ccccc3)C(C)=C2c2nc(-c3ccc(Cl)cc3)no2)c1. The summed E-state index contributed by atoms with van der Waals surface area (Å²) >= 11 is 6.02. The molecule has 0 saturated heterocycles. The minimum atomic E-state index is -0.513. The van der Waals surface area contributed by atoms with Crippen molar-refractivity contribution in [1.82, 2.24) is 15.5 Å². The summed E-state index contributed by atoms with van der Waals surface area (Å²) in [4.78, 5) is 19.5. The highest BCUT2D eigenvalue weighted by Gasteiger charge is 2.36. The zero-order chi connectivity index (χ0) is 23.7. The maximum Gasteiger partial charge on any atom is 0.326 e. The van der Waals surface area contributed by atoms with Gasteiger partial charge in [-0.15, -0.1) is 0 Å². The highest BCUT2D eigenvalue weighted by molar-refractivity contribution is 6.30. The molecular weight excluding hydrogens is 452 g/mol. The molecule has 8 heteroatoms. The number of anilines is 1. The normalized spacial score (nSPS) is 15.9. The number of hydrogen-bond donors (Lipinski definition) is 1. The number of hydrogen-bond acceptors (Lipinski definition) is 5. The van der Waals surface area contributed by atoms with Crippen LogP contribution in [0.1, 0.15) is 24.4 Å². The number of ether oxygens (including phenoxy) is 1. The number of allylic oxidation sites excluding steroid dienone is 1. The fourth-order valence-corrected chi connectivity index (χ4v) is 4.15. The van der Waals surface area contributed by atoms with Gasteiger partial charge in [0.2, 0.25) is 5.82 Å². The number of nitrogens with zero attached hydrogens (tertiary/aromatic N) is 3. The topological polar surface area (TPSA) is 80.5 Å². The van der Waals surface area contributed by atoms with Crippen LogP contribution in [0.4, 0.5) is 10.5 Å².